The summed E-state index contributed by atoms with van der Waals surface area (Å²) < 4.78 is 6.45. The maximum Gasteiger partial charge on any atom is 0.333 e. The van der Waals surface area contributed by atoms with Gasteiger partial charge >= 0.3 is 5.97 Å². The zero-order valence-corrected chi connectivity index (χ0v) is 9.36. The Hall–Kier alpha value is -1.58. The van der Waals surface area contributed by atoms with Gasteiger partial charge in [-0.25, -0.2) is 4.79 Å². The van der Waals surface area contributed by atoms with Gasteiger partial charge in [-0.1, -0.05) is 13.0 Å². The maximum absolute atomic E-state index is 11.2. The first-order chi connectivity index (χ1) is 7.17. The molecule has 0 atom stereocenters. The number of carbonyl (C=O) groups is 1. The van der Waals surface area contributed by atoms with E-state index in [0.717, 1.165) is 5.69 Å². The molecule has 0 aliphatic rings. The molecule has 0 spiro atoms. The second-order valence-corrected chi connectivity index (χ2v) is 3.25. The maximum atomic E-state index is 11.2. The van der Waals surface area contributed by atoms with Crippen LogP contribution in [0.5, 0.6) is 0 Å². The molecule has 0 fully saturated rings. The number of aryl methyl sites for hydroxylation is 1. The van der Waals surface area contributed by atoms with E-state index in [1.165, 1.54) is 7.11 Å². The van der Waals surface area contributed by atoms with E-state index in [1.807, 2.05) is 32.2 Å². The second-order valence-electron chi connectivity index (χ2n) is 3.25. The molecule has 0 radical (unpaired) electrons. The average Bonchev–Trinajstić information content (AvgIpc) is 2.64. The Bertz CT molecular complexity index is 366. The molecule has 4 nitrogen and oxygen atoms in total. The van der Waals surface area contributed by atoms with Gasteiger partial charge in [0.25, 0.3) is 0 Å². The summed E-state index contributed by atoms with van der Waals surface area (Å²) in [5.74, 6) is -0.263. The van der Waals surface area contributed by atoms with Crippen LogP contribution in [-0.4, -0.2) is 22.9 Å². The summed E-state index contributed by atoms with van der Waals surface area (Å²) in [6.07, 6.45) is 4.40. The van der Waals surface area contributed by atoms with Crippen molar-refractivity contribution in [3.8, 4) is 0 Å². The highest BCUT2D eigenvalue weighted by Crippen LogP contribution is 2.04. The van der Waals surface area contributed by atoms with Crippen molar-refractivity contribution in [3.05, 3.63) is 29.6 Å². The van der Waals surface area contributed by atoms with Crippen LogP contribution in [0.3, 0.4) is 0 Å². The summed E-state index contributed by atoms with van der Waals surface area (Å²) in [7, 11) is 1.39. The topological polar surface area (TPSA) is 44.1 Å². The first-order valence-electron chi connectivity index (χ1n) is 4.94. The quantitative estimate of drug-likeness (QED) is 0.558. The Morgan fingerprint density at radius 2 is 2.40 bits per heavy atom. The van der Waals surface area contributed by atoms with Gasteiger partial charge in [0.05, 0.1) is 19.3 Å². The molecule has 15 heavy (non-hydrogen) atoms. The fourth-order valence-electron chi connectivity index (χ4n) is 1.27. The number of hydrogen-bond acceptors (Lipinski definition) is 3. The number of aromatic nitrogens is 2. The van der Waals surface area contributed by atoms with Crippen molar-refractivity contribution in [1.29, 1.82) is 0 Å². The molecule has 0 aliphatic carbocycles. The summed E-state index contributed by atoms with van der Waals surface area (Å²) in [5.41, 5.74) is 1.66. The highest BCUT2D eigenvalue weighted by molar-refractivity contribution is 5.88. The fraction of sp³-hybridized carbons (Fsp3) is 0.455. The summed E-state index contributed by atoms with van der Waals surface area (Å²) in [4.78, 5) is 11.2. The lowest BCUT2D eigenvalue weighted by atomic mass is 10.2. The van der Waals surface area contributed by atoms with Crippen LogP contribution in [0.4, 0.5) is 0 Å². The van der Waals surface area contributed by atoms with Gasteiger partial charge in [0.2, 0.25) is 0 Å². The minimum absolute atomic E-state index is 0.263. The van der Waals surface area contributed by atoms with Crippen molar-refractivity contribution < 1.29 is 9.53 Å². The predicted octanol–water partition coefficient (Wildman–Crippen LogP) is 1.70. The minimum Gasteiger partial charge on any atom is -0.466 e. The molecule has 0 aromatic carbocycles. The van der Waals surface area contributed by atoms with Crippen molar-refractivity contribution in [2.24, 2.45) is 0 Å². The molecule has 1 aromatic heterocycles. The van der Waals surface area contributed by atoms with E-state index in [4.69, 9.17) is 0 Å². The lowest BCUT2D eigenvalue weighted by Crippen LogP contribution is -2.06. The smallest absolute Gasteiger partial charge is 0.333 e. The third-order valence-electron chi connectivity index (χ3n) is 2.13. The number of esters is 1. The van der Waals surface area contributed by atoms with E-state index in [9.17, 15) is 4.79 Å². The van der Waals surface area contributed by atoms with Crippen LogP contribution in [0.15, 0.2) is 23.9 Å². The number of rotatable bonds is 4. The van der Waals surface area contributed by atoms with E-state index < -0.39 is 0 Å². The molecule has 1 aromatic rings. The van der Waals surface area contributed by atoms with Gasteiger partial charge in [-0.2, -0.15) is 5.10 Å². The molecule has 1 heterocycles. The first kappa shape index (κ1) is 11.5. The largest absolute Gasteiger partial charge is 0.466 e. The van der Waals surface area contributed by atoms with Gasteiger partial charge in [0, 0.05) is 11.8 Å². The summed E-state index contributed by atoms with van der Waals surface area (Å²) >= 11 is 0. The highest BCUT2D eigenvalue weighted by Gasteiger charge is 2.05. The first-order valence-corrected chi connectivity index (χ1v) is 4.94. The van der Waals surface area contributed by atoms with E-state index in [0.29, 0.717) is 18.5 Å². The van der Waals surface area contributed by atoms with Crippen LogP contribution in [0.1, 0.15) is 19.0 Å². The van der Waals surface area contributed by atoms with Crippen molar-refractivity contribution in [1.82, 2.24) is 9.78 Å². The summed E-state index contributed by atoms with van der Waals surface area (Å²) in [6, 6.07) is 1.93. The minimum atomic E-state index is -0.263. The lowest BCUT2D eigenvalue weighted by molar-refractivity contribution is -0.136. The van der Waals surface area contributed by atoms with Gasteiger partial charge in [-0.05, 0) is 19.4 Å². The van der Waals surface area contributed by atoms with Crippen LogP contribution < -0.4 is 0 Å². The lowest BCUT2D eigenvalue weighted by Gasteiger charge is -2.02. The van der Waals surface area contributed by atoms with Crippen molar-refractivity contribution in [3.63, 3.8) is 0 Å². The monoisotopic (exact) mass is 208 g/mol. The van der Waals surface area contributed by atoms with Crippen molar-refractivity contribution in [2.45, 2.75) is 26.8 Å². The number of hydrogen-bond donors (Lipinski definition) is 0. The number of nitrogens with zero attached hydrogens (tertiary/aromatic N) is 2. The van der Waals surface area contributed by atoms with Gasteiger partial charge in [-0.15, -0.1) is 0 Å². The Morgan fingerprint density at radius 3 is 2.87 bits per heavy atom. The SMILES string of the molecule is CCC(=CCn1ccc(C)n1)C(=O)OC. The van der Waals surface area contributed by atoms with Gasteiger partial charge in [0.15, 0.2) is 0 Å². The van der Waals surface area contributed by atoms with E-state index in [2.05, 4.69) is 9.84 Å². The highest BCUT2D eigenvalue weighted by atomic mass is 16.5. The molecule has 1 rings (SSSR count). The van der Waals surface area contributed by atoms with E-state index in [1.54, 1.807) is 4.68 Å². The zero-order chi connectivity index (χ0) is 11.3. The normalized spacial score (nSPS) is 11.5. The fourth-order valence-corrected chi connectivity index (χ4v) is 1.27. The molecule has 0 bridgehead atoms. The van der Waals surface area contributed by atoms with Crippen LogP contribution in [0, 0.1) is 6.92 Å². The Kier molecular flexibility index (Phi) is 4.09. The van der Waals surface area contributed by atoms with Gasteiger partial charge in [0.1, 0.15) is 0 Å². The summed E-state index contributed by atoms with van der Waals surface area (Å²) in [6.45, 7) is 4.46. The Balaban J connectivity index is 2.66. The molecular weight excluding hydrogens is 192 g/mol. The molecule has 4 heteroatoms. The van der Waals surface area contributed by atoms with Crippen LogP contribution in [0.2, 0.25) is 0 Å². The predicted molar refractivity (Wildman–Crippen MR) is 57.4 cm³/mol. The average molecular weight is 208 g/mol. The second kappa shape index (κ2) is 5.34. The summed E-state index contributed by atoms with van der Waals surface area (Å²) in [5, 5.41) is 4.22. The van der Waals surface area contributed by atoms with Crippen LogP contribution >= 0.6 is 0 Å². The number of ether oxygens (including phenoxy) is 1. The van der Waals surface area contributed by atoms with Crippen LogP contribution in [0.25, 0.3) is 0 Å². The molecule has 0 saturated heterocycles. The molecule has 0 amide bonds. The van der Waals surface area contributed by atoms with Gasteiger partial charge < -0.3 is 4.74 Å². The molecule has 82 valence electrons. The van der Waals surface area contributed by atoms with Gasteiger partial charge in [-0.3, -0.25) is 4.68 Å². The number of methoxy groups -OCH3 is 1. The molecular formula is C11H16N2O2. The zero-order valence-electron chi connectivity index (χ0n) is 9.36. The van der Waals surface area contributed by atoms with Crippen LogP contribution in [-0.2, 0) is 16.1 Å². The third-order valence-corrected chi connectivity index (χ3v) is 2.13. The Labute approximate surface area is 89.5 Å². The molecule has 0 N–H and O–H groups in total. The standard InChI is InChI=1S/C11H16N2O2/c1-4-10(11(14)15-3)6-8-13-7-5-9(2)12-13/h5-7H,4,8H2,1-3H3. The van der Waals surface area contributed by atoms with Crippen molar-refractivity contribution >= 4 is 5.97 Å². The van der Waals surface area contributed by atoms with E-state index in [-0.39, 0.29) is 5.97 Å². The molecule has 0 unspecified atom stereocenters. The number of carbonyl (C=O) groups excluding carboxylic acids is 1. The molecule has 0 aliphatic heterocycles. The number of allylic oxidation sites excluding steroid dienone is 1. The van der Waals surface area contributed by atoms with E-state index >= 15 is 0 Å². The van der Waals surface area contributed by atoms with Crippen molar-refractivity contribution in [2.75, 3.05) is 7.11 Å². The molecule has 0 saturated carbocycles. The Morgan fingerprint density at radius 1 is 1.67 bits per heavy atom. The third kappa shape index (κ3) is 3.23.